The third-order valence-corrected chi connectivity index (χ3v) is 9.83. The zero-order chi connectivity index (χ0) is 29.1. The van der Waals surface area contributed by atoms with Gasteiger partial charge in [-0.3, -0.25) is 9.52 Å². The van der Waals surface area contributed by atoms with Gasteiger partial charge in [0.2, 0.25) is 5.91 Å². The van der Waals surface area contributed by atoms with Gasteiger partial charge in [0.05, 0.1) is 17.1 Å². The molecule has 1 fully saturated rings. The fraction of sp³-hybridized carbons (Fsp3) is 0.379. The van der Waals surface area contributed by atoms with Crippen molar-refractivity contribution >= 4 is 55.4 Å². The van der Waals surface area contributed by atoms with E-state index >= 15 is 0 Å². The number of anilines is 3. The fourth-order valence-electron chi connectivity index (χ4n) is 5.51. The average Bonchev–Trinajstić information content (AvgIpc) is 3.47. The van der Waals surface area contributed by atoms with E-state index in [1.54, 1.807) is 17.5 Å². The van der Waals surface area contributed by atoms with Gasteiger partial charge >= 0.3 is 0 Å². The van der Waals surface area contributed by atoms with Gasteiger partial charge in [0, 0.05) is 47.6 Å². The van der Waals surface area contributed by atoms with E-state index in [1.807, 2.05) is 28.0 Å². The number of aromatic nitrogens is 1. The number of piperazine rings is 1. The molecule has 2 N–H and O–H groups in total. The summed E-state index contributed by atoms with van der Waals surface area (Å²) < 4.78 is 27.9. The lowest BCUT2D eigenvalue weighted by molar-refractivity contribution is -0.133. The van der Waals surface area contributed by atoms with Crippen LogP contribution in [0.15, 0.2) is 70.9 Å². The SMILES string of the molecule is CC(C)C[C@H](C(=O)N1CCN(c2ccc(S(=O)(=O)Nc3nccs3)cc2)/C(=C/O)C1)N1CCCc2cc(Cl)ccc21. The first kappa shape index (κ1) is 29.2. The first-order valence-corrected chi connectivity index (χ1v) is 16.4. The number of rotatable bonds is 8. The van der Waals surface area contributed by atoms with E-state index in [0.29, 0.717) is 41.3 Å². The Morgan fingerprint density at radius 2 is 1.95 bits per heavy atom. The normalized spacial score (nSPS) is 17.6. The largest absolute Gasteiger partial charge is 0.514 e. The molecule has 1 amide bonds. The Balaban J connectivity index is 1.32. The number of amides is 1. The molecular formula is C29H34ClN5O4S2. The summed E-state index contributed by atoms with van der Waals surface area (Å²) in [6.45, 7) is 6.23. The summed E-state index contributed by atoms with van der Waals surface area (Å²) in [5.74, 6) is 0.353. The van der Waals surface area contributed by atoms with Crippen LogP contribution in [0.25, 0.3) is 0 Å². The molecule has 0 radical (unpaired) electrons. The Morgan fingerprint density at radius 3 is 2.63 bits per heavy atom. The van der Waals surface area contributed by atoms with Gasteiger partial charge in [-0.05, 0) is 73.2 Å². The van der Waals surface area contributed by atoms with Crippen molar-refractivity contribution in [3.8, 4) is 0 Å². The maximum Gasteiger partial charge on any atom is 0.263 e. The highest BCUT2D eigenvalue weighted by molar-refractivity contribution is 7.93. The number of hydrogen-bond donors (Lipinski definition) is 2. The van der Waals surface area contributed by atoms with Gasteiger partial charge in [-0.1, -0.05) is 25.4 Å². The van der Waals surface area contributed by atoms with Crippen molar-refractivity contribution < 1.29 is 18.3 Å². The Bertz CT molecular complexity index is 1510. The second-order valence-electron chi connectivity index (χ2n) is 10.7. The predicted molar refractivity (Wildman–Crippen MR) is 164 cm³/mol. The maximum absolute atomic E-state index is 14.1. The molecule has 2 aliphatic heterocycles. The van der Waals surface area contributed by atoms with Crippen molar-refractivity contribution in [2.75, 3.05) is 40.7 Å². The first-order valence-electron chi connectivity index (χ1n) is 13.6. The molecule has 1 saturated heterocycles. The number of carbonyl (C=O) groups excluding carboxylic acids is 1. The van der Waals surface area contributed by atoms with Crippen LogP contribution in [0.4, 0.5) is 16.5 Å². The Morgan fingerprint density at radius 1 is 1.17 bits per heavy atom. The number of fused-ring (bicyclic) bond motifs is 1. The van der Waals surface area contributed by atoms with E-state index in [0.717, 1.165) is 37.0 Å². The number of nitrogens with zero attached hydrogens (tertiary/aromatic N) is 4. The van der Waals surface area contributed by atoms with Gasteiger partial charge in [0.25, 0.3) is 10.0 Å². The van der Waals surface area contributed by atoms with Crippen molar-refractivity contribution in [3.63, 3.8) is 0 Å². The summed E-state index contributed by atoms with van der Waals surface area (Å²) in [5, 5.41) is 12.9. The average molecular weight is 616 g/mol. The number of halogens is 1. The van der Waals surface area contributed by atoms with Crippen molar-refractivity contribution in [1.82, 2.24) is 9.88 Å². The van der Waals surface area contributed by atoms with Gasteiger partial charge in [0.1, 0.15) is 12.3 Å². The number of benzene rings is 2. The molecule has 0 aliphatic carbocycles. The summed E-state index contributed by atoms with van der Waals surface area (Å²) in [7, 11) is -3.77. The van der Waals surface area contributed by atoms with Crippen LogP contribution in [0.5, 0.6) is 0 Å². The minimum absolute atomic E-state index is 0.0372. The minimum Gasteiger partial charge on any atom is -0.514 e. The molecule has 218 valence electrons. The predicted octanol–water partition coefficient (Wildman–Crippen LogP) is 5.51. The Labute approximate surface area is 250 Å². The molecule has 1 atom stereocenters. The number of aliphatic hydroxyl groups excluding tert-OH is 1. The molecule has 0 saturated carbocycles. The minimum atomic E-state index is -3.77. The van der Waals surface area contributed by atoms with E-state index in [1.165, 1.54) is 35.2 Å². The molecule has 0 bridgehead atoms. The lowest BCUT2D eigenvalue weighted by Crippen LogP contribution is -2.55. The molecular weight excluding hydrogens is 582 g/mol. The topological polar surface area (TPSA) is 106 Å². The van der Waals surface area contributed by atoms with Crippen LogP contribution in [0.1, 0.15) is 32.3 Å². The van der Waals surface area contributed by atoms with Gasteiger partial charge in [-0.25, -0.2) is 13.4 Å². The van der Waals surface area contributed by atoms with Crippen LogP contribution in [0.2, 0.25) is 5.02 Å². The van der Waals surface area contributed by atoms with Gasteiger partial charge in [-0.2, -0.15) is 0 Å². The standard InChI is InChI=1S/C29H34ClN5O4S2/c1-20(2)16-27(35-12-3-4-21-17-22(30)5-10-26(21)35)28(37)33-13-14-34(24(18-33)19-36)23-6-8-25(9-7-23)41(38,39)32-29-31-11-15-40-29/h5-11,15,17,19-20,27,36H,3-4,12-14,16,18H2,1-2H3,(H,31,32)/b24-19+/t27-/m1/s1. The quantitative estimate of drug-likeness (QED) is 0.322. The van der Waals surface area contributed by atoms with Crippen molar-refractivity contribution in [3.05, 3.63) is 76.6 Å². The second kappa shape index (κ2) is 12.3. The number of sulfonamides is 1. The summed E-state index contributed by atoms with van der Waals surface area (Å²) in [6, 6.07) is 12.0. The van der Waals surface area contributed by atoms with Gasteiger partial charge in [0.15, 0.2) is 5.13 Å². The number of aliphatic hydroxyl groups is 1. The van der Waals surface area contributed by atoms with Crippen molar-refractivity contribution in [2.24, 2.45) is 5.92 Å². The van der Waals surface area contributed by atoms with E-state index in [9.17, 15) is 18.3 Å². The van der Waals surface area contributed by atoms with E-state index < -0.39 is 10.0 Å². The molecule has 5 rings (SSSR count). The third-order valence-electron chi connectivity index (χ3n) is 7.42. The highest BCUT2D eigenvalue weighted by Crippen LogP contribution is 2.34. The first-order chi connectivity index (χ1) is 19.7. The highest BCUT2D eigenvalue weighted by Gasteiger charge is 2.35. The van der Waals surface area contributed by atoms with Gasteiger partial charge in [-0.15, -0.1) is 11.3 Å². The van der Waals surface area contributed by atoms with Crippen LogP contribution < -0.4 is 14.5 Å². The van der Waals surface area contributed by atoms with E-state index in [4.69, 9.17) is 11.6 Å². The molecule has 0 unspecified atom stereocenters. The van der Waals surface area contributed by atoms with Crippen LogP contribution in [0, 0.1) is 5.92 Å². The second-order valence-corrected chi connectivity index (χ2v) is 13.7. The maximum atomic E-state index is 14.1. The number of carbonyl (C=O) groups is 1. The number of hydrogen-bond acceptors (Lipinski definition) is 8. The molecule has 12 heteroatoms. The lowest BCUT2D eigenvalue weighted by Gasteiger charge is -2.43. The van der Waals surface area contributed by atoms with Crippen LogP contribution in [-0.4, -0.2) is 61.5 Å². The molecule has 0 spiro atoms. The van der Waals surface area contributed by atoms with Crippen LogP contribution >= 0.6 is 22.9 Å². The van der Waals surface area contributed by atoms with Crippen molar-refractivity contribution in [1.29, 1.82) is 0 Å². The van der Waals surface area contributed by atoms with E-state index in [-0.39, 0.29) is 23.4 Å². The van der Waals surface area contributed by atoms with Crippen LogP contribution in [0.3, 0.4) is 0 Å². The molecule has 3 heterocycles. The number of aryl methyl sites for hydroxylation is 1. The number of nitrogens with one attached hydrogen (secondary N) is 1. The zero-order valence-corrected chi connectivity index (χ0v) is 25.4. The summed E-state index contributed by atoms with van der Waals surface area (Å²) in [6.07, 6.45) is 5.17. The summed E-state index contributed by atoms with van der Waals surface area (Å²) >= 11 is 7.47. The fourth-order valence-corrected chi connectivity index (χ4v) is 7.49. The third kappa shape index (κ3) is 6.47. The monoisotopic (exact) mass is 615 g/mol. The molecule has 2 aliphatic rings. The van der Waals surface area contributed by atoms with Gasteiger partial charge < -0.3 is 19.8 Å². The van der Waals surface area contributed by atoms with Crippen LogP contribution in [-0.2, 0) is 21.2 Å². The zero-order valence-electron chi connectivity index (χ0n) is 23.0. The number of thiazole rings is 1. The molecule has 2 aromatic carbocycles. The summed E-state index contributed by atoms with van der Waals surface area (Å²) in [5.41, 5.74) is 3.52. The Hall–Kier alpha value is -3.28. The highest BCUT2D eigenvalue weighted by atomic mass is 35.5. The molecule has 1 aromatic heterocycles. The Kier molecular flexibility index (Phi) is 8.77. The smallest absolute Gasteiger partial charge is 0.263 e. The van der Waals surface area contributed by atoms with Crippen molar-refractivity contribution in [2.45, 2.75) is 44.0 Å². The molecule has 9 nitrogen and oxygen atoms in total. The summed E-state index contributed by atoms with van der Waals surface area (Å²) in [4.78, 5) is 24.1. The van der Waals surface area contributed by atoms with E-state index in [2.05, 4.69) is 28.5 Å². The lowest BCUT2D eigenvalue weighted by atomic mass is 9.95. The molecule has 3 aromatic rings. The molecule has 41 heavy (non-hydrogen) atoms.